The minimum Gasteiger partial charge on any atom is -0.477 e. The lowest BCUT2D eigenvalue weighted by atomic mass is 9.94. The first kappa shape index (κ1) is 17.4. The van der Waals surface area contributed by atoms with Gasteiger partial charge in [-0.05, 0) is 18.9 Å². The van der Waals surface area contributed by atoms with Crippen LogP contribution in [-0.4, -0.2) is 42.2 Å². The van der Waals surface area contributed by atoms with Crippen LogP contribution in [0.4, 0.5) is 18.9 Å². The third-order valence-electron chi connectivity index (χ3n) is 3.27. The van der Waals surface area contributed by atoms with Gasteiger partial charge in [-0.2, -0.15) is 13.2 Å². The van der Waals surface area contributed by atoms with E-state index in [9.17, 15) is 27.6 Å². The first-order valence-corrected chi connectivity index (χ1v) is 7.39. The number of hydrogen-bond acceptors (Lipinski definition) is 5. The van der Waals surface area contributed by atoms with Crippen LogP contribution in [0, 0.1) is 5.92 Å². The molecular weight excluding hydrogens is 339 g/mol. The van der Waals surface area contributed by atoms with Gasteiger partial charge in [-0.1, -0.05) is 0 Å². The van der Waals surface area contributed by atoms with Gasteiger partial charge in [0.15, 0.2) is 5.78 Å². The Hall–Kier alpha value is -1.94. The molecule has 10 heteroatoms. The molecule has 1 aliphatic rings. The summed E-state index contributed by atoms with van der Waals surface area (Å²) in [5, 5.41) is 10.5. The van der Waals surface area contributed by atoms with E-state index in [1.807, 2.05) is 0 Å². The molecule has 1 aromatic rings. The summed E-state index contributed by atoms with van der Waals surface area (Å²) in [5.74, 6) is -4.52. The highest BCUT2D eigenvalue weighted by Crippen LogP contribution is 2.32. The van der Waals surface area contributed by atoms with E-state index in [-0.39, 0.29) is 16.6 Å². The maximum Gasteiger partial charge on any atom is 0.471 e. The number of amides is 1. The van der Waals surface area contributed by atoms with Crippen LogP contribution in [0.5, 0.6) is 0 Å². The van der Waals surface area contributed by atoms with Crippen molar-refractivity contribution in [1.29, 1.82) is 0 Å². The van der Waals surface area contributed by atoms with Crippen molar-refractivity contribution in [3.05, 3.63) is 15.8 Å². The van der Waals surface area contributed by atoms with E-state index in [0.29, 0.717) is 37.4 Å². The summed E-state index contributed by atoms with van der Waals surface area (Å²) in [6, 6.07) is 0.982. The second-order valence-electron chi connectivity index (χ2n) is 4.86. The number of ether oxygens (including phenoxy) is 1. The number of carboxylic acids is 1. The highest BCUT2D eigenvalue weighted by molar-refractivity contribution is 7.16. The minimum absolute atomic E-state index is 0.00627. The third-order valence-corrected chi connectivity index (χ3v) is 4.40. The highest BCUT2D eigenvalue weighted by Gasteiger charge is 2.39. The lowest BCUT2D eigenvalue weighted by molar-refractivity contribution is -0.167. The fraction of sp³-hybridized carbons (Fsp3) is 0.462. The van der Waals surface area contributed by atoms with Crippen LogP contribution >= 0.6 is 11.3 Å². The monoisotopic (exact) mass is 351 g/mol. The van der Waals surface area contributed by atoms with Crippen LogP contribution < -0.4 is 5.32 Å². The van der Waals surface area contributed by atoms with E-state index in [4.69, 9.17) is 9.84 Å². The number of Topliss-reactive ketones (excluding diaryl/α,β-unsaturated/α-hetero) is 1. The molecule has 2 rings (SSSR count). The molecule has 1 aromatic heterocycles. The average Bonchev–Trinajstić information content (AvgIpc) is 2.90. The summed E-state index contributed by atoms with van der Waals surface area (Å²) in [6.45, 7) is 0.788. The van der Waals surface area contributed by atoms with Crippen molar-refractivity contribution in [2.24, 2.45) is 5.92 Å². The van der Waals surface area contributed by atoms with Gasteiger partial charge in [0, 0.05) is 19.1 Å². The molecule has 2 heterocycles. The number of anilines is 1. The number of thiophene rings is 1. The Morgan fingerprint density at radius 1 is 1.26 bits per heavy atom. The fourth-order valence-corrected chi connectivity index (χ4v) is 3.09. The van der Waals surface area contributed by atoms with E-state index in [2.05, 4.69) is 0 Å². The Balaban J connectivity index is 2.25. The highest BCUT2D eigenvalue weighted by atomic mass is 32.1. The van der Waals surface area contributed by atoms with E-state index < -0.39 is 28.6 Å². The van der Waals surface area contributed by atoms with Gasteiger partial charge in [0.2, 0.25) is 0 Å². The molecule has 0 saturated carbocycles. The smallest absolute Gasteiger partial charge is 0.471 e. The number of rotatable bonds is 4. The number of carbonyl (C=O) groups excluding carboxylic acids is 2. The topological polar surface area (TPSA) is 92.7 Å². The van der Waals surface area contributed by atoms with Crippen molar-refractivity contribution < 1.29 is 37.4 Å². The van der Waals surface area contributed by atoms with Gasteiger partial charge in [-0.25, -0.2) is 4.79 Å². The molecule has 2 N–H and O–H groups in total. The SMILES string of the molecule is O=C(O)c1sc(C(=O)C2CCOCC2)cc1NC(=O)C(F)(F)F. The van der Waals surface area contributed by atoms with Crippen LogP contribution in [0.1, 0.15) is 32.2 Å². The quantitative estimate of drug-likeness (QED) is 0.814. The van der Waals surface area contributed by atoms with Gasteiger partial charge in [0.25, 0.3) is 0 Å². The van der Waals surface area contributed by atoms with E-state index in [0.717, 1.165) is 6.07 Å². The van der Waals surface area contributed by atoms with Crippen molar-refractivity contribution in [1.82, 2.24) is 0 Å². The largest absolute Gasteiger partial charge is 0.477 e. The first-order chi connectivity index (χ1) is 10.7. The van der Waals surface area contributed by atoms with E-state index >= 15 is 0 Å². The third kappa shape index (κ3) is 4.08. The molecule has 1 aliphatic heterocycles. The molecule has 23 heavy (non-hydrogen) atoms. The van der Waals surface area contributed by atoms with Crippen molar-refractivity contribution in [3.63, 3.8) is 0 Å². The summed E-state index contributed by atoms with van der Waals surface area (Å²) in [6.07, 6.45) is -4.23. The molecule has 0 spiro atoms. The molecule has 0 bridgehead atoms. The van der Waals surface area contributed by atoms with Crippen LogP contribution in [0.2, 0.25) is 0 Å². The number of carbonyl (C=O) groups is 3. The van der Waals surface area contributed by atoms with Crippen molar-refractivity contribution in [3.8, 4) is 0 Å². The maximum absolute atomic E-state index is 12.3. The number of alkyl halides is 3. The summed E-state index contributed by atoms with van der Waals surface area (Å²) in [5.41, 5.74) is -0.528. The van der Waals surface area contributed by atoms with Gasteiger partial charge in [0.1, 0.15) is 4.88 Å². The zero-order chi connectivity index (χ0) is 17.2. The zero-order valence-electron chi connectivity index (χ0n) is 11.6. The lowest BCUT2D eigenvalue weighted by Gasteiger charge is -2.19. The number of carboxylic acid groups (broad SMARTS) is 1. The number of aromatic carboxylic acids is 1. The standard InChI is InChI=1S/C13H12F3NO5S/c14-13(15,16)12(21)17-7-5-8(23-10(7)11(19)20)9(18)6-1-3-22-4-2-6/h5-6H,1-4H2,(H,17,21)(H,19,20). The number of halogens is 3. The molecule has 0 aliphatic carbocycles. The molecule has 1 amide bonds. The number of nitrogens with one attached hydrogen (secondary N) is 1. The van der Waals surface area contributed by atoms with Crippen LogP contribution in [0.25, 0.3) is 0 Å². The predicted molar refractivity (Wildman–Crippen MR) is 73.8 cm³/mol. The number of hydrogen-bond donors (Lipinski definition) is 2. The minimum atomic E-state index is -5.15. The van der Waals surface area contributed by atoms with Gasteiger partial charge < -0.3 is 15.2 Å². The Morgan fingerprint density at radius 3 is 2.39 bits per heavy atom. The van der Waals surface area contributed by atoms with Crippen LogP contribution in [0.15, 0.2) is 6.07 Å². The molecule has 1 saturated heterocycles. The van der Waals surface area contributed by atoms with Gasteiger partial charge in [0.05, 0.1) is 10.6 Å². The fourth-order valence-electron chi connectivity index (χ4n) is 2.12. The van der Waals surface area contributed by atoms with Gasteiger partial charge in [-0.15, -0.1) is 11.3 Å². The Morgan fingerprint density at radius 2 is 1.87 bits per heavy atom. The molecule has 126 valence electrons. The van der Waals surface area contributed by atoms with Crippen molar-refractivity contribution in [2.45, 2.75) is 19.0 Å². The zero-order valence-corrected chi connectivity index (χ0v) is 12.4. The van der Waals surface area contributed by atoms with E-state index in [1.165, 1.54) is 5.32 Å². The Labute approximate surface area is 132 Å². The Bertz CT molecular complexity index is 634. The first-order valence-electron chi connectivity index (χ1n) is 6.57. The number of ketones is 1. The lowest BCUT2D eigenvalue weighted by Crippen LogP contribution is -2.30. The summed E-state index contributed by atoms with van der Waals surface area (Å²) in [4.78, 5) is 33.9. The normalized spacial score (nSPS) is 16.1. The van der Waals surface area contributed by atoms with Crippen molar-refractivity contribution >= 4 is 34.7 Å². The van der Waals surface area contributed by atoms with E-state index in [1.54, 1.807) is 0 Å². The molecule has 6 nitrogen and oxygen atoms in total. The molecule has 0 atom stereocenters. The average molecular weight is 351 g/mol. The molecule has 0 radical (unpaired) electrons. The van der Waals surface area contributed by atoms with Gasteiger partial charge in [-0.3, -0.25) is 9.59 Å². The summed E-state index contributed by atoms with van der Waals surface area (Å²) < 4.78 is 42.0. The van der Waals surface area contributed by atoms with Crippen LogP contribution in [-0.2, 0) is 9.53 Å². The molecule has 0 aromatic carbocycles. The van der Waals surface area contributed by atoms with Gasteiger partial charge >= 0.3 is 18.1 Å². The molecular formula is C13H12F3NO5S. The predicted octanol–water partition coefficient (Wildman–Crippen LogP) is 2.56. The Kier molecular flexibility index (Phi) is 5.05. The molecule has 1 fully saturated rings. The second kappa shape index (κ2) is 6.67. The summed E-state index contributed by atoms with van der Waals surface area (Å²) in [7, 11) is 0. The molecule has 0 unspecified atom stereocenters. The van der Waals surface area contributed by atoms with Crippen LogP contribution in [0.3, 0.4) is 0 Å². The van der Waals surface area contributed by atoms with Crippen molar-refractivity contribution in [2.75, 3.05) is 18.5 Å². The summed E-state index contributed by atoms with van der Waals surface area (Å²) >= 11 is 0.550. The maximum atomic E-state index is 12.3. The second-order valence-corrected chi connectivity index (χ2v) is 5.91.